The minimum atomic E-state index is -0.676. The quantitative estimate of drug-likeness (QED) is 0.771. The third kappa shape index (κ3) is 2.30. The van der Waals surface area contributed by atoms with Crippen molar-refractivity contribution in [2.24, 2.45) is 0 Å². The monoisotopic (exact) mass is 208 g/mol. The summed E-state index contributed by atoms with van der Waals surface area (Å²) >= 11 is 0. The summed E-state index contributed by atoms with van der Waals surface area (Å²) in [5, 5.41) is 9.68. The number of aryl methyl sites for hydroxylation is 1. The molecule has 0 heterocycles. The first-order valence-electron chi connectivity index (χ1n) is 4.67. The van der Waals surface area contributed by atoms with E-state index in [4.69, 9.17) is 9.47 Å². The number of ether oxygens (including phenoxy) is 2. The third-order valence-electron chi connectivity index (χ3n) is 2.31. The molecule has 0 aromatic heterocycles. The van der Waals surface area contributed by atoms with E-state index < -0.39 is 6.10 Å². The number of hydrogen-bond acceptors (Lipinski definition) is 3. The number of aliphatic hydroxyl groups excluding tert-OH is 1. The molecule has 0 aliphatic heterocycles. The molecule has 3 nitrogen and oxygen atoms in total. The molecule has 0 bridgehead atoms. The zero-order chi connectivity index (χ0) is 11.4. The van der Waals surface area contributed by atoms with Gasteiger partial charge in [-0.1, -0.05) is 6.08 Å². The van der Waals surface area contributed by atoms with Gasteiger partial charge in [0.1, 0.15) is 0 Å². The molecular formula is C12H16O3. The molecule has 1 unspecified atom stereocenters. The van der Waals surface area contributed by atoms with Crippen molar-refractivity contribution in [2.75, 3.05) is 14.2 Å². The van der Waals surface area contributed by atoms with E-state index in [1.165, 1.54) is 6.08 Å². The fourth-order valence-electron chi connectivity index (χ4n) is 1.44. The van der Waals surface area contributed by atoms with E-state index in [0.717, 1.165) is 11.1 Å². The van der Waals surface area contributed by atoms with E-state index in [-0.39, 0.29) is 0 Å². The molecule has 0 amide bonds. The van der Waals surface area contributed by atoms with E-state index in [0.29, 0.717) is 11.5 Å². The summed E-state index contributed by atoms with van der Waals surface area (Å²) in [7, 11) is 3.15. The van der Waals surface area contributed by atoms with Crippen LogP contribution in [-0.4, -0.2) is 19.3 Å². The lowest BCUT2D eigenvalue weighted by molar-refractivity contribution is 0.227. The fourth-order valence-corrected chi connectivity index (χ4v) is 1.44. The van der Waals surface area contributed by atoms with E-state index >= 15 is 0 Å². The first-order chi connectivity index (χ1) is 7.13. The molecule has 0 radical (unpaired) electrons. The Morgan fingerprint density at radius 3 is 2.27 bits per heavy atom. The summed E-state index contributed by atoms with van der Waals surface area (Å²) in [6.45, 7) is 5.46. The van der Waals surface area contributed by atoms with Crippen molar-refractivity contribution in [1.82, 2.24) is 0 Å². The highest BCUT2D eigenvalue weighted by atomic mass is 16.5. The largest absolute Gasteiger partial charge is 0.493 e. The lowest BCUT2D eigenvalue weighted by atomic mass is 10.0. The molecule has 0 aliphatic carbocycles. The number of benzene rings is 1. The Bertz CT molecular complexity index is 358. The molecule has 1 aromatic rings. The van der Waals surface area contributed by atoms with Crippen LogP contribution in [0.25, 0.3) is 0 Å². The number of hydrogen-bond donors (Lipinski definition) is 1. The van der Waals surface area contributed by atoms with Crippen LogP contribution in [0.2, 0.25) is 0 Å². The van der Waals surface area contributed by atoms with Gasteiger partial charge in [-0.3, -0.25) is 0 Å². The molecule has 0 saturated heterocycles. The van der Waals surface area contributed by atoms with E-state index in [1.54, 1.807) is 20.3 Å². The molecule has 15 heavy (non-hydrogen) atoms. The van der Waals surface area contributed by atoms with Crippen LogP contribution >= 0.6 is 0 Å². The average Bonchev–Trinajstić information content (AvgIpc) is 2.27. The normalized spacial score (nSPS) is 12.0. The minimum Gasteiger partial charge on any atom is -0.493 e. The van der Waals surface area contributed by atoms with Gasteiger partial charge in [-0.15, -0.1) is 6.58 Å². The van der Waals surface area contributed by atoms with Gasteiger partial charge in [0.15, 0.2) is 11.5 Å². The highest BCUT2D eigenvalue weighted by Crippen LogP contribution is 2.32. The Balaban J connectivity index is 3.25. The molecular weight excluding hydrogens is 192 g/mol. The Hall–Kier alpha value is -1.48. The molecule has 82 valence electrons. The van der Waals surface area contributed by atoms with Crippen molar-refractivity contribution in [3.8, 4) is 11.5 Å². The SMILES string of the molecule is C=CC(O)c1cc(OC)c(OC)cc1C. The Morgan fingerprint density at radius 2 is 1.80 bits per heavy atom. The maximum Gasteiger partial charge on any atom is 0.161 e. The second-order valence-electron chi connectivity index (χ2n) is 3.24. The molecule has 1 N–H and O–H groups in total. The Kier molecular flexibility index (Phi) is 3.74. The third-order valence-corrected chi connectivity index (χ3v) is 2.31. The van der Waals surface area contributed by atoms with Gasteiger partial charge < -0.3 is 14.6 Å². The summed E-state index contributed by atoms with van der Waals surface area (Å²) in [6, 6.07) is 3.60. The van der Waals surface area contributed by atoms with E-state index in [9.17, 15) is 5.11 Å². The summed E-state index contributed by atoms with van der Waals surface area (Å²) in [5.41, 5.74) is 1.72. The van der Waals surface area contributed by atoms with Crippen LogP contribution < -0.4 is 9.47 Å². The zero-order valence-corrected chi connectivity index (χ0v) is 9.28. The molecule has 0 aliphatic rings. The van der Waals surface area contributed by atoms with Crippen LogP contribution in [0, 0.1) is 6.92 Å². The lowest BCUT2D eigenvalue weighted by Crippen LogP contribution is -1.99. The molecule has 1 aromatic carbocycles. The molecule has 0 fully saturated rings. The van der Waals surface area contributed by atoms with E-state index in [2.05, 4.69) is 6.58 Å². The van der Waals surface area contributed by atoms with Crippen LogP contribution in [0.1, 0.15) is 17.2 Å². The first-order valence-corrected chi connectivity index (χ1v) is 4.67. The van der Waals surface area contributed by atoms with E-state index in [1.807, 2.05) is 13.0 Å². The number of aliphatic hydroxyl groups is 1. The number of methoxy groups -OCH3 is 2. The molecule has 3 heteroatoms. The van der Waals surface area contributed by atoms with Crippen molar-refractivity contribution < 1.29 is 14.6 Å². The van der Waals surface area contributed by atoms with Crippen LogP contribution in [0.15, 0.2) is 24.8 Å². The Morgan fingerprint density at radius 1 is 1.27 bits per heavy atom. The first kappa shape index (κ1) is 11.6. The van der Waals surface area contributed by atoms with Crippen LogP contribution in [0.5, 0.6) is 11.5 Å². The van der Waals surface area contributed by atoms with Gasteiger partial charge in [-0.05, 0) is 30.2 Å². The van der Waals surface area contributed by atoms with Gasteiger partial charge in [0.2, 0.25) is 0 Å². The molecule has 1 atom stereocenters. The zero-order valence-electron chi connectivity index (χ0n) is 9.28. The van der Waals surface area contributed by atoms with Gasteiger partial charge in [-0.2, -0.15) is 0 Å². The topological polar surface area (TPSA) is 38.7 Å². The minimum absolute atomic E-state index is 0.610. The lowest BCUT2D eigenvalue weighted by Gasteiger charge is -2.14. The van der Waals surface area contributed by atoms with Crippen LogP contribution in [-0.2, 0) is 0 Å². The maximum atomic E-state index is 9.68. The predicted octanol–water partition coefficient (Wildman–Crippen LogP) is 2.23. The predicted molar refractivity (Wildman–Crippen MR) is 59.4 cm³/mol. The van der Waals surface area contributed by atoms with Gasteiger partial charge in [-0.25, -0.2) is 0 Å². The highest BCUT2D eigenvalue weighted by Gasteiger charge is 2.12. The summed E-state index contributed by atoms with van der Waals surface area (Å²) in [5.74, 6) is 1.27. The van der Waals surface area contributed by atoms with Crippen molar-refractivity contribution in [3.05, 3.63) is 35.9 Å². The molecule has 1 rings (SSSR count). The standard InChI is InChI=1S/C12H16O3/c1-5-10(13)9-7-12(15-4)11(14-3)6-8(9)2/h5-7,10,13H,1H2,2-4H3. The van der Waals surface area contributed by atoms with Crippen molar-refractivity contribution in [1.29, 1.82) is 0 Å². The van der Waals surface area contributed by atoms with Gasteiger partial charge in [0.05, 0.1) is 20.3 Å². The van der Waals surface area contributed by atoms with Gasteiger partial charge >= 0.3 is 0 Å². The molecule has 0 spiro atoms. The maximum absolute atomic E-state index is 9.68. The number of rotatable bonds is 4. The average molecular weight is 208 g/mol. The van der Waals surface area contributed by atoms with Crippen molar-refractivity contribution >= 4 is 0 Å². The van der Waals surface area contributed by atoms with Gasteiger partial charge in [0, 0.05) is 0 Å². The van der Waals surface area contributed by atoms with Gasteiger partial charge in [0.25, 0.3) is 0 Å². The Labute approximate surface area is 90.0 Å². The van der Waals surface area contributed by atoms with Crippen LogP contribution in [0.3, 0.4) is 0 Å². The second-order valence-corrected chi connectivity index (χ2v) is 3.24. The highest BCUT2D eigenvalue weighted by molar-refractivity contribution is 5.48. The summed E-state index contributed by atoms with van der Waals surface area (Å²) < 4.78 is 10.3. The summed E-state index contributed by atoms with van der Waals surface area (Å²) in [4.78, 5) is 0. The van der Waals surface area contributed by atoms with Crippen molar-refractivity contribution in [3.63, 3.8) is 0 Å². The smallest absolute Gasteiger partial charge is 0.161 e. The molecule has 0 saturated carbocycles. The second kappa shape index (κ2) is 4.84. The fraction of sp³-hybridized carbons (Fsp3) is 0.333. The summed E-state index contributed by atoms with van der Waals surface area (Å²) in [6.07, 6.45) is 0.804. The van der Waals surface area contributed by atoms with Crippen LogP contribution in [0.4, 0.5) is 0 Å². The van der Waals surface area contributed by atoms with Crippen molar-refractivity contribution in [2.45, 2.75) is 13.0 Å².